The Balaban J connectivity index is 1.63. The lowest BCUT2D eigenvalue weighted by Crippen LogP contribution is -2.55. The van der Waals surface area contributed by atoms with E-state index in [2.05, 4.69) is 20.7 Å². The van der Waals surface area contributed by atoms with Gasteiger partial charge in [0.2, 0.25) is 21.7 Å². The molecule has 0 saturated heterocycles. The minimum Gasteiger partial charge on any atom is -0.445 e. The van der Waals surface area contributed by atoms with Crippen molar-refractivity contribution in [2.75, 3.05) is 13.1 Å². The highest BCUT2D eigenvalue weighted by Gasteiger charge is 2.31. The molecule has 3 amide bonds. The molecule has 44 heavy (non-hydrogen) atoms. The highest BCUT2D eigenvalue weighted by Crippen LogP contribution is 2.10. The van der Waals surface area contributed by atoms with Crippen LogP contribution in [0.3, 0.4) is 0 Å². The molecule has 3 aromatic rings. The SMILES string of the molecule is CC(C)C[C@H](NC(=O)OCc1ccccc1)C(=O)N[C@@H](Cc1ccccc1)C(=O)C(=O)NCCNS(=O)(=O)c1ccccc1. The molecule has 234 valence electrons. The van der Waals surface area contributed by atoms with Crippen molar-refractivity contribution in [2.45, 2.75) is 50.3 Å². The van der Waals surface area contributed by atoms with E-state index >= 15 is 0 Å². The molecule has 0 bridgehead atoms. The van der Waals surface area contributed by atoms with Gasteiger partial charge < -0.3 is 20.7 Å². The molecular formula is C32H38N4O7S. The Labute approximate surface area is 257 Å². The number of Topliss-reactive ketones (excluding diaryl/α,β-unsaturated/α-hetero) is 1. The third kappa shape index (κ3) is 11.3. The summed E-state index contributed by atoms with van der Waals surface area (Å²) in [5.74, 6) is -2.54. The molecule has 0 aliphatic rings. The van der Waals surface area contributed by atoms with Crippen LogP contribution in [0, 0.1) is 5.92 Å². The molecule has 2 atom stereocenters. The monoisotopic (exact) mass is 622 g/mol. The van der Waals surface area contributed by atoms with Gasteiger partial charge in [0, 0.05) is 19.5 Å². The normalized spacial score (nSPS) is 12.5. The zero-order valence-electron chi connectivity index (χ0n) is 24.7. The number of ketones is 1. The summed E-state index contributed by atoms with van der Waals surface area (Å²) >= 11 is 0. The number of hydrogen-bond acceptors (Lipinski definition) is 7. The first-order valence-corrected chi connectivity index (χ1v) is 15.7. The minimum absolute atomic E-state index is 0.00594. The van der Waals surface area contributed by atoms with Crippen molar-refractivity contribution in [2.24, 2.45) is 5.92 Å². The largest absolute Gasteiger partial charge is 0.445 e. The van der Waals surface area contributed by atoms with Gasteiger partial charge in [-0.25, -0.2) is 17.9 Å². The van der Waals surface area contributed by atoms with Crippen LogP contribution in [0.1, 0.15) is 31.4 Å². The van der Waals surface area contributed by atoms with Crippen LogP contribution in [0.25, 0.3) is 0 Å². The molecule has 0 aliphatic heterocycles. The van der Waals surface area contributed by atoms with Crippen molar-refractivity contribution in [1.29, 1.82) is 0 Å². The summed E-state index contributed by atoms with van der Waals surface area (Å²) in [5.41, 5.74) is 1.48. The maximum atomic E-state index is 13.4. The fourth-order valence-electron chi connectivity index (χ4n) is 4.23. The number of alkyl carbamates (subject to hydrolysis) is 1. The highest BCUT2D eigenvalue weighted by molar-refractivity contribution is 7.89. The average molecular weight is 623 g/mol. The molecule has 0 saturated carbocycles. The van der Waals surface area contributed by atoms with E-state index in [9.17, 15) is 27.6 Å². The van der Waals surface area contributed by atoms with Crippen LogP contribution in [0.2, 0.25) is 0 Å². The van der Waals surface area contributed by atoms with Crippen molar-refractivity contribution in [1.82, 2.24) is 20.7 Å². The molecule has 11 nitrogen and oxygen atoms in total. The van der Waals surface area contributed by atoms with Crippen molar-refractivity contribution >= 4 is 33.7 Å². The Morgan fingerprint density at radius 3 is 1.89 bits per heavy atom. The van der Waals surface area contributed by atoms with Crippen molar-refractivity contribution in [3.05, 3.63) is 102 Å². The van der Waals surface area contributed by atoms with Crippen LogP contribution < -0.4 is 20.7 Å². The summed E-state index contributed by atoms with van der Waals surface area (Å²) in [5, 5.41) is 7.63. The topological polar surface area (TPSA) is 160 Å². The first-order chi connectivity index (χ1) is 21.0. The van der Waals surface area contributed by atoms with Crippen LogP contribution in [0.15, 0.2) is 95.9 Å². The fraction of sp³-hybridized carbons (Fsp3) is 0.312. The van der Waals surface area contributed by atoms with Gasteiger partial charge in [0.25, 0.3) is 5.91 Å². The van der Waals surface area contributed by atoms with E-state index in [-0.39, 0.29) is 43.4 Å². The van der Waals surface area contributed by atoms with E-state index in [1.807, 2.05) is 32.0 Å². The minimum atomic E-state index is -3.79. The maximum Gasteiger partial charge on any atom is 0.408 e. The highest BCUT2D eigenvalue weighted by atomic mass is 32.2. The van der Waals surface area contributed by atoms with Crippen LogP contribution in [-0.4, -0.2) is 57.3 Å². The quantitative estimate of drug-likeness (QED) is 0.141. The third-order valence-electron chi connectivity index (χ3n) is 6.42. The molecule has 0 aromatic heterocycles. The lowest BCUT2D eigenvalue weighted by molar-refractivity contribution is -0.140. The first-order valence-electron chi connectivity index (χ1n) is 14.2. The van der Waals surface area contributed by atoms with Gasteiger partial charge in [-0.05, 0) is 35.6 Å². The van der Waals surface area contributed by atoms with Crippen LogP contribution >= 0.6 is 0 Å². The molecule has 0 spiro atoms. The Morgan fingerprint density at radius 2 is 1.30 bits per heavy atom. The lowest BCUT2D eigenvalue weighted by Gasteiger charge is -2.24. The number of hydrogen-bond donors (Lipinski definition) is 4. The number of benzene rings is 3. The summed E-state index contributed by atoms with van der Waals surface area (Å²) in [6, 6.07) is 23.4. The fourth-order valence-corrected chi connectivity index (χ4v) is 5.28. The molecule has 4 N–H and O–H groups in total. The van der Waals surface area contributed by atoms with Gasteiger partial charge >= 0.3 is 6.09 Å². The van der Waals surface area contributed by atoms with E-state index in [0.717, 1.165) is 5.56 Å². The standard InChI is InChI=1S/C32H38N4O7S/c1-23(2)20-28(36-32(40)43-22-25-14-8-4-9-15-25)30(38)35-27(21-24-12-6-3-7-13-24)29(37)31(39)33-18-19-34-44(41,42)26-16-10-5-11-17-26/h3-17,23,27-28,34H,18-22H2,1-2H3,(H,33,39)(H,35,38)(H,36,40)/t27-,28-/m0/s1. The number of amides is 3. The number of rotatable bonds is 16. The first kappa shape index (κ1) is 33.9. The second-order valence-corrected chi connectivity index (χ2v) is 12.2. The summed E-state index contributed by atoms with van der Waals surface area (Å²) in [6.45, 7) is 3.46. The van der Waals surface area contributed by atoms with Gasteiger partial charge in [-0.15, -0.1) is 0 Å². The van der Waals surface area contributed by atoms with Gasteiger partial charge in [-0.3, -0.25) is 14.4 Å². The molecule has 0 aliphatic carbocycles. The molecule has 0 radical (unpaired) electrons. The molecular weight excluding hydrogens is 584 g/mol. The molecule has 3 rings (SSSR count). The molecule has 12 heteroatoms. The second-order valence-electron chi connectivity index (χ2n) is 10.5. The lowest BCUT2D eigenvalue weighted by atomic mass is 9.99. The number of sulfonamides is 1. The van der Waals surface area contributed by atoms with Crippen molar-refractivity contribution in [3.63, 3.8) is 0 Å². The van der Waals surface area contributed by atoms with Gasteiger partial charge in [-0.1, -0.05) is 92.7 Å². The van der Waals surface area contributed by atoms with Gasteiger partial charge in [0.05, 0.1) is 4.90 Å². The molecule has 3 aromatic carbocycles. The van der Waals surface area contributed by atoms with E-state index in [1.165, 1.54) is 12.1 Å². The third-order valence-corrected chi connectivity index (χ3v) is 7.90. The average Bonchev–Trinajstić information content (AvgIpc) is 3.02. The zero-order valence-corrected chi connectivity index (χ0v) is 25.5. The summed E-state index contributed by atoms with van der Waals surface area (Å²) in [4.78, 5) is 52.1. The maximum absolute atomic E-state index is 13.4. The molecule has 0 unspecified atom stereocenters. The Morgan fingerprint density at radius 1 is 0.727 bits per heavy atom. The van der Waals surface area contributed by atoms with Crippen molar-refractivity contribution in [3.8, 4) is 0 Å². The smallest absolute Gasteiger partial charge is 0.408 e. The van der Waals surface area contributed by atoms with Crippen molar-refractivity contribution < 1.29 is 32.3 Å². The van der Waals surface area contributed by atoms with Gasteiger partial charge in [0.15, 0.2) is 0 Å². The number of nitrogens with one attached hydrogen (secondary N) is 4. The van der Waals surface area contributed by atoms with E-state index < -0.39 is 45.8 Å². The predicted molar refractivity (Wildman–Crippen MR) is 165 cm³/mol. The summed E-state index contributed by atoms with van der Waals surface area (Å²) in [7, 11) is -3.79. The molecule has 0 fully saturated rings. The van der Waals surface area contributed by atoms with E-state index in [1.54, 1.807) is 60.7 Å². The summed E-state index contributed by atoms with van der Waals surface area (Å²) in [6.07, 6.45) is -0.519. The predicted octanol–water partition coefficient (Wildman–Crippen LogP) is 2.72. The Kier molecular flexibility index (Phi) is 13.1. The summed E-state index contributed by atoms with van der Waals surface area (Å²) < 4.78 is 32.4. The van der Waals surface area contributed by atoms with Crippen LogP contribution in [-0.2, 0) is 42.2 Å². The van der Waals surface area contributed by atoms with E-state index in [0.29, 0.717) is 5.56 Å². The molecule has 0 heterocycles. The second kappa shape index (κ2) is 16.9. The number of ether oxygens (including phenoxy) is 1. The van der Waals surface area contributed by atoms with Crippen LogP contribution in [0.4, 0.5) is 4.79 Å². The number of carbonyl (C=O) groups is 4. The van der Waals surface area contributed by atoms with E-state index in [4.69, 9.17) is 4.74 Å². The van der Waals surface area contributed by atoms with Gasteiger partial charge in [0.1, 0.15) is 18.7 Å². The zero-order chi connectivity index (χ0) is 32.0. The van der Waals surface area contributed by atoms with Crippen LogP contribution in [0.5, 0.6) is 0 Å². The Bertz CT molecular complexity index is 1480. The number of carbonyl (C=O) groups excluding carboxylic acids is 4. The Hall–Kier alpha value is -4.55. The van der Waals surface area contributed by atoms with Gasteiger partial charge in [-0.2, -0.15) is 0 Å².